The molecule has 0 bridgehead atoms. The normalized spacial score (nSPS) is 21.1. The molecular formula is C11H15FN2O. The van der Waals surface area contributed by atoms with E-state index in [1.54, 1.807) is 12.3 Å². The van der Waals surface area contributed by atoms with Crippen LogP contribution in [0.1, 0.15) is 12.0 Å². The van der Waals surface area contributed by atoms with Gasteiger partial charge in [-0.25, -0.2) is 4.39 Å². The first-order valence-electron chi connectivity index (χ1n) is 5.14. The van der Waals surface area contributed by atoms with E-state index in [0.29, 0.717) is 18.2 Å². The van der Waals surface area contributed by atoms with Crippen LogP contribution in [0.15, 0.2) is 18.5 Å². The predicted octanol–water partition coefficient (Wildman–Crippen LogP) is 1.44. The Hall–Kier alpha value is -1.00. The number of ether oxygens (including phenoxy) is 1. The summed E-state index contributed by atoms with van der Waals surface area (Å²) in [6.07, 6.45) is 3.91. The van der Waals surface area contributed by atoms with Gasteiger partial charge in [0, 0.05) is 31.0 Å². The van der Waals surface area contributed by atoms with E-state index in [1.807, 2.05) is 7.05 Å². The van der Waals surface area contributed by atoms with Gasteiger partial charge in [-0.3, -0.25) is 9.88 Å². The van der Waals surface area contributed by atoms with Crippen molar-refractivity contribution in [3.63, 3.8) is 0 Å². The molecule has 1 aromatic heterocycles. The van der Waals surface area contributed by atoms with Gasteiger partial charge in [0.25, 0.3) is 0 Å². The fourth-order valence-electron chi connectivity index (χ4n) is 1.80. The van der Waals surface area contributed by atoms with E-state index >= 15 is 0 Å². The number of rotatable bonds is 3. The van der Waals surface area contributed by atoms with Crippen molar-refractivity contribution >= 4 is 0 Å². The molecule has 0 aromatic carbocycles. The Labute approximate surface area is 88.9 Å². The highest BCUT2D eigenvalue weighted by atomic mass is 19.1. The van der Waals surface area contributed by atoms with Crippen molar-refractivity contribution in [2.75, 3.05) is 20.3 Å². The van der Waals surface area contributed by atoms with Gasteiger partial charge in [-0.2, -0.15) is 0 Å². The summed E-state index contributed by atoms with van der Waals surface area (Å²) in [7, 11) is 2.00. The molecule has 0 aliphatic carbocycles. The monoisotopic (exact) mass is 210 g/mol. The minimum atomic E-state index is -0.233. The van der Waals surface area contributed by atoms with Crippen molar-refractivity contribution in [1.82, 2.24) is 9.88 Å². The molecule has 0 amide bonds. The fourth-order valence-corrected chi connectivity index (χ4v) is 1.80. The lowest BCUT2D eigenvalue weighted by Gasteiger charge is -2.22. The summed E-state index contributed by atoms with van der Waals surface area (Å²) in [5.74, 6) is -0.233. The summed E-state index contributed by atoms with van der Waals surface area (Å²) >= 11 is 0. The van der Waals surface area contributed by atoms with Crippen LogP contribution in [0, 0.1) is 5.82 Å². The van der Waals surface area contributed by atoms with E-state index in [1.165, 1.54) is 6.20 Å². The summed E-state index contributed by atoms with van der Waals surface area (Å²) < 4.78 is 18.6. The quantitative estimate of drug-likeness (QED) is 0.755. The highest BCUT2D eigenvalue weighted by molar-refractivity contribution is 5.12. The third-order valence-electron chi connectivity index (χ3n) is 2.81. The SMILES string of the molecule is CN(Cc1ccncc1F)[C@H]1CCOC1. The van der Waals surface area contributed by atoms with E-state index in [2.05, 4.69) is 9.88 Å². The van der Waals surface area contributed by atoms with E-state index in [0.717, 1.165) is 19.6 Å². The molecule has 4 heteroatoms. The van der Waals surface area contributed by atoms with Crippen molar-refractivity contribution in [3.05, 3.63) is 29.8 Å². The molecule has 0 spiro atoms. The van der Waals surface area contributed by atoms with Crippen LogP contribution in [0.2, 0.25) is 0 Å². The molecule has 0 N–H and O–H groups in total. The molecular weight excluding hydrogens is 195 g/mol. The Bertz CT molecular complexity index is 326. The van der Waals surface area contributed by atoms with Crippen LogP contribution < -0.4 is 0 Å². The van der Waals surface area contributed by atoms with Crippen LogP contribution in [-0.2, 0) is 11.3 Å². The van der Waals surface area contributed by atoms with E-state index in [4.69, 9.17) is 4.74 Å². The zero-order valence-electron chi connectivity index (χ0n) is 8.82. The van der Waals surface area contributed by atoms with Crippen LogP contribution in [0.5, 0.6) is 0 Å². The summed E-state index contributed by atoms with van der Waals surface area (Å²) in [6, 6.07) is 2.14. The highest BCUT2D eigenvalue weighted by Crippen LogP contribution is 2.14. The molecule has 1 saturated heterocycles. The molecule has 1 aromatic rings. The summed E-state index contributed by atoms with van der Waals surface area (Å²) in [6.45, 7) is 2.18. The lowest BCUT2D eigenvalue weighted by atomic mass is 10.2. The standard InChI is InChI=1S/C11H15FN2O/c1-14(10-3-5-15-8-10)7-9-2-4-13-6-11(9)12/h2,4,6,10H,3,5,7-8H2,1H3/t10-/m0/s1. The first-order chi connectivity index (χ1) is 7.27. The van der Waals surface area contributed by atoms with Crippen LogP contribution in [-0.4, -0.2) is 36.2 Å². The maximum atomic E-state index is 13.3. The Morgan fingerprint density at radius 3 is 3.20 bits per heavy atom. The van der Waals surface area contributed by atoms with Crippen molar-refractivity contribution < 1.29 is 9.13 Å². The Balaban J connectivity index is 1.99. The molecule has 1 aliphatic rings. The number of halogens is 1. The molecule has 3 nitrogen and oxygen atoms in total. The maximum absolute atomic E-state index is 13.3. The average molecular weight is 210 g/mol. The Morgan fingerprint density at radius 2 is 2.53 bits per heavy atom. The number of aromatic nitrogens is 1. The summed E-state index contributed by atoms with van der Waals surface area (Å²) in [5.41, 5.74) is 0.694. The molecule has 1 fully saturated rings. The van der Waals surface area contributed by atoms with Gasteiger partial charge in [-0.15, -0.1) is 0 Å². The van der Waals surface area contributed by atoms with Gasteiger partial charge in [0.05, 0.1) is 12.8 Å². The summed E-state index contributed by atoms with van der Waals surface area (Å²) in [5, 5.41) is 0. The van der Waals surface area contributed by atoms with E-state index in [9.17, 15) is 4.39 Å². The van der Waals surface area contributed by atoms with E-state index < -0.39 is 0 Å². The smallest absolute Gasteiger partial charge is 0.145 e. The molecule has 15 heavy (non-hydrogen) atoms. The third-order valence-corrected chi connectivity index (χ3v) is 2.81. The predicted molar refractivity (Wildman–Crippen MR) is 54.9 cm³/mol. The topological polar surface area (TPSA) is 25.4 Å². The second kappa shape index (κ2) is 4.68. The van der Waals surface area contributed by atoms with Crippen LogP contribution in [0.3, 0.4) is 0 Å². The van der Waals surface area contributed by atoms with Crippen molar-refractivity contribution in [2.24, 2.45) is 0 Å². The molecule has 0 unspecified atom stereocenters. The van der Waals surface area contributed by atoms with Crippen molar-refractivity contribution in [1.29, 1.82) is 0 Å². The highest BCUT2D eigenvalue weighted by Gasteiger charge is 2.20. The average Bonchev–Trinajstić information content (AvgIpc) is 2.74. The van der Waals surface area contributed by atoms with Crippen molar-refractivity contribution in [3.8, 4) is 0 Å². The van der Waals surface area contributed by atoms with Gasteiger partial charge in [0.2, 0.25) is 0 Å². The van der Waals surface area contributed by atoms with Gasteiger partial charge in [-0.1, -0.05) is 0 Å². The molecule has 1 atom stereocenters. The van der Waals surface area contributed by atoms with Crippen LogP contribution in [0.25, 0.3) is 0 Å². The zero-order valence-corrected chi connectivity index (χ0v) is 8.82. The minimum absolute atomic E-state index is 0.233. The second-order valence-corrected chi connectivity index (χ2v) is 3.90. The van der Waals surface area contributed by atoms with Gasteiger partial charge >= 0.3 is 0 Å². The number of hydrogen-bond acceptors (Lipinski definition) is 3. The zero-order chi connectivity index (χ0) is 10.7. The number of likely N-dealkylation sites (N-methyl/N-ethyl adjacent to an activating group) is 1. The van der Waals surface area contributed by atoms with Gasteiger partial charge < -0.3 is 4.74 Å². The van der Waals surface area contributed by atoms with Gasteiger partial charge in [-0.05, 0) is 19.5 Å². The minimum Gasteiger partial charge on any atom is -0.380 e. The molecule has 82 valence electrons. The van der Waals surface area contributed by atoms with Crippen LogP contribution in [0.4, 0.5) is 4.39 Å². The van der Waals surface area contributed by atoms with Gasteiger partial charge in [0.1, 0.15) is 5.82 Å². The van der Waals surface area contributed by atoms with Crippen molar-refractivity contribution in [2.45, 2.75) is 19.0 Å². The molecule has 2 heterocycles. The summed E-state index contributed by atoms with van der Waals surface area (Å²) in [4.78, 5) is 5.86. The molecule has 0 radical (unpaired) electrons. The van der Waals surface area contributed by atoms with E-state index in [-0.39, 0.29) is 5.82 Å². The van der Waals surface area contributed by atoms with Gasteiger partial charge in [0.15, 0.2) is 0 Å². The number of nitrogens with zero attached hydrogens (tertiary/aromatic N) is 2. The molecule has 0 saturated carbocycles. The van der Waals surface area contributed by atoms with Crippen LogP contribution >= 0.6 is 0 Å². The number of pyridine rings is 1. The first kappa shape index (κ1) is 10.5. The largest absolute Gasteiger partial charge is 0.380 e. The molecule has 1 aliphatic heterocycles. The third kappa shape index (κ3) is 2.52. The Morgan fingerprint density at radius 1 is 1.67 bits per heavy atom. The fraction of sp³-hybridized carbons (Fsp3) is 0.545. The second-order valence-electron chi connectivity index (χ2n) is 3.90. The first-order valence-corrected chi connectivity index (χ1v) is 5.14. The molecule has 2 rings (SSSR count). The Kier molecular flexibility index (Phi) is 3.28. The number of hydrogen-bond donors (Lipinski definition) is 0. The maximum Gasteiger partial charge on any atom is 0.145 e. The lowest BCUT2D eigenvalue weighted by Crippen LogP contribution is -2.31. The lowest BCUT2D eigenvalue weighted by molar-refractivity contribution is 0.155.